The van der Waals surface area contributed by atoms with Crippen LogP contribution in [0.25, 0.3) is 0 Å². The summed E-state index contributed by atoms with van der Waals surface area (Å²) in [6.07, 6.45) is 5.00. The van der Waals surface area contributed by atoms with Crippen LogP contribution in [0.5, 0.6) is 0 Å². The highest BCUT2D eigenvalue weighted by Crippen LogP contribution is 2.17. The molecule has 100 valence electrons. The third-order valence-electron chi connectivity index (χ3n) is 3.90. The van der Waals surface area contributed by atoms with Crippen LogP contribution in [-0.2, 0) is 17.7 Å². The molecular weight excluding hydrogens is 222 g/mol. The Morgan fingerprint density at radius 2 is 2.00 bits per heavy atom. The van der Waals surface area contributed by atoms with Gasteiger partial charge in [-0.2, -0.15) is 0 Å². The van der Waals surface area contributed by atoms with Crippen LogP contribution in [0, 0.1) is 0 Å². The van der Waals surface area contributed by atoms with Crippen LogP contribution in [0.2, 0.25) is 0 Å². The molecule has 1 aromatic carbocycles. The molecule has 0 aromatic heterocycles. The predicted octanol–water partition coefficient (Wildman–Crippen LogP) is 3.30. The molecule has 1 aromatic rings. The Bertz CT molecular complexity index is 364. The number of hydrogen-bond acceptors (Lipinski definition) is 2. The standard InChI is InChI=1S/C16H25NO/c1-3-13-7-5-6-8-14(13)12-17-15-9-10-18-16(4-2)11-15/h5-8,15-17H,3-4,9-12H2,1-2H3. The van der Waals surface area contributed by atoms with Gasteiger partial charge < -0.3 is 10.1 Å². The van der Waals surface area contributed by atoms with Crippen molar-refractivity contribution in [3.05, 3.63) is 35.4 Å². The average molecular weight is 247 g/mol. The molecule has 1 aliphatic rings. The van der Waals surface area contributed by atoms with E-state index in [4.69, 9.17) is 4.74 Å². The Hall–Kier alpha value is -0.860. The van der Waals surface area contributed by atoms with Crippen LogP contribution < -0.4 is 5.32 Å². The molecule has 2 rings (SSSR count). The lowest BCUT2D eigenvalue weighted by molar-refractivity contribution is -0.000326. The van der Waals surface area contributed by atoms with Crippen molar-refractivity contribution in [2.24, 2.45) is 0 Å². The van der Waals surface area contributed by atoms with Crippen molar-refractivity contribution in [3.63, 3.8) is 0 Å². The van der Waals surface area contributed by atoms with Crippen LogP contribution in [-0.4, -0.2) is 18.8 Å². The summed E-state index contributed by atoms with van der Waals surface area (Å²) in [5.41, 5.74) is 2.91. The molecule has 2 atom stereocenters. The molecule has 1 aliphatic heterocycles. The summed E-state index contributed by atoms with van der Waals surface area (Å²) >= 11 is 0. The molecule has 0 bridgehead atoms. The summed E-state index contributed by atoms with van der Waals surface area (Å²) in [5.74, 6) is 0. The quantitative estimate of drug-likeness (QED) is 0.862. The largest absolute Gasteiger partial charge is 0.378 e. The van der Waals surface area contributed by atoms with E-state index in [0.717, 1.165) is 38.8 Å². The zero-order chi connectivity index (χ0) is 12.8. The maximum atomic E-state index is 5.71. The van der Waals surface area contributed by atoms with Gasteiger partial charge in [0.15, 0.2) is 0 Å². The fraction of sp³-hybridized carbons (Fsp3) is 0.625. The molecule has 2 unspecified atom stereocenters. The monoisotopic (exact) mass is 247 g/mol. The van der Waals surface area contributed by atoms with Gasteiger partial charge in [-0.15, -0.1) is 0 Å². The van der Waals surface area contributed by atoms with Crippen LogP contribution in [0.15, 0.2) is 24.3 Å². The molecule has 1 fully saturated rings. The Morgan fingerprint density at radius 3 is 2.72 bits per heavy atom. The van der Waals surface area contributed by atoms with Crippen LogP contribution in [0.3, 0.4) is 0 Å². The van der Waals surface area contributed by atoms with E-state index >= 15 is 0 Å². The fourth-order valence-electron chi connectivity index (χ4n) is 2.68. The molecule has 1 heterocycles. The minimum Gasteiger partial charge on any atom is -0.378 e. The van der Waals surface area contributed by atoms with Crippen molar-refractivity contribution in [1.82, 2.24) is 5.32 Å². The van der Waals surface area contributed by atoms with Gasteiger partial charge in [-0.3, -0.25) is 0 Å². The number of nitrogens with one attached hydrogen (secondary N) is 1. The second-order valence-electron chi connectivity index (χ2n) is 5.13. The molecule has 0 aliphatic carbocycles. The van der Waals surface area contributed by atoms with Crippen molar-refractivity contribution in [2.75, 3.05) is 6.61 Å². The first-order valence-corrected chi connectivity index (χ1v) is 7.25. The van der Waals surface area contributed by atoms with Gasteiger partial charge in [-0.1, -0.05) is 38.1 Å². The number of ether oxygens (including phenoxy) is 1. The second kappa shape index (κ2) is 6.91. The smallest absolute Gasteiger partial charge is 0.0587 e. The van der Waals surface area contributed by atoms with Gasteiger partial charge in [0, 0.05) is 19.2 Å². The fourth-order valence-corrected chi connectivity index (χ4v) is 2.68. The van der Waals surface area contributed by atoms with E-state index < -0.39 is 0 Å². The van der Waals surface area contributed by atoms with Crippen LogP contribution in [0.1, 0.15) is 44.2 Å². The molecule has 1 saturated heterocycles. The van der Waals surface area contributed by atoms with Gasteiger partial charge in [-0.25, -0.2) is 0 Å². The molecule has 0 spiro atoms. The van der Waals surface area contributed by atoms with E-state index in [1.807, 2.05) is 0 Å². The number of benzene rings is 1. The topological polar surface area (TPSA) is 21.3 Å². The van der Waals surface area contributed by atoms with Gasteiger partial charge in [-0.05, 0) is 36.8 Å². The summed E-state index contributed by atoms with van der Waals surface area (Å²) in [6.45, 7) is 6.33. The zero-order valence-electron chi connectivity index (χ0n) is 11.6. The number of aryl methyl sites for hydroxylation is 1. The van der Waals surface area contributed by atoms with Crippen molar-refractivity contribution in [2.45, 2.75) is 58.2 Å². The van der Waals surface area contributed by atoms with Crippen molar-refractivity contribution in [1.29, 1.82) is 0 Å². The number of hydrogen-bond donors (Lipinski definition) is 1. The third kappa shape index (κ3) is 3.56. The highest BCUT2D eigenvalue weighted by molar-refractivity contribution is 5.26. The summed E-state index contributed by atoms with van der Waals surface area (Å²) in [4.78, 5) is 0. The summed E-state index contributed by atoms with van der Waals surface area (Å²) in [6, 6.07) is 9.35. The summed E-state index contributed by atoms with van der Waals surface area (Å²) in [7, 11) is 0. The first-order chi connectivity index (χ1) is 8.83. The van der Waals surface area contributed by atoms with E-state index in [2.05, 4.69) is 43.4 Å². The minimum absolute atomic E-state index is 0.456. The average Bonchev–Trinajstić information content (AvgIpc) is 2.45. The van der Waals surface area contributed by atoms with Crippen molar-refractivity contribution >= 4 is 0 Å². The van der Waals surface area contributed by atoms with Crippen molar-refractivity contribution in [3.8, 4) is 0 Å². The Labute approximate surface area is 111 Å². The molecule has 0 saturated carbocycles. The Morgan fingerprint density at radius 1 is 1.22 bits per heavy atom. The minimum atomic E-state index is 0.456. The SMILES string of the molecule is CCc1ccccc1CNC1CCOC(CC)C1. The van der Waals surface area contributed by atoms with Gasteiger partial charge in [0.2, 0.25) is 0 Å². The molecule has 0 amide bonds. The number of rotatable bonds is 5. The third-order valence-corrected chi connectivity index (χ3v) is 3.90. The second-order valence-corrected chi connectivity index (χ2v) is 5.13. The van der Waals surface area contributed by atoms with Crippen LogP contribution in [0.4, 0.5) is 0 Å². The predicted molar refractivity (Wildman–Crippen MR) is 75.7 cm³/mol. The molecule has 18 heavy (non-hydrogen) atoms. The molecule has 2 heteroatoms. The van der Waals surface area contributed by atoms with E-state index in [-0.39, 0.29) is 0 Å². The first kappa shape index (κ1) is 13.6. The molecular formula is C16H25NO. The Balaban J connectivity index is 1.87. The van der Waals surface area contributed by atoms with E-state index in [1.54, 1.807) is 0 Å². The Kier molecular flexibility index (Phi) is 5.21. The van der Waals surface area contributed by atoms with E-state index in [0.29, 0.717) is 12.1 Å². The lowest BCUT2D eigenvalue weighted by Crippen LogP contribution is -2.38. The summed E-state index contributed by atoms with van der Waals surface area (Å²) < 4.78 is 5.71. The normalized spacial score (nSPS) is 24.1. The maximum Gasteiger partial charge on any atom is 0.0587 e. The van der Waals surface area contributed by atoms with Gasteiger partial charge in [0.25, 0.3) is 0 Å². The summed E-state index contributed by atoms with van der Waals surface area (Å²) in [5, 5.41) is 3.70. The van der Waals surface area contributed by atoms with E-state index in [9.17, 15) is 0 Å². The van der Waals surface area contributed by atoms with Gasteiger partial charge in [0.1, 0.15) is 0 Å². The van der Waals surface area contributed by atoms with E-state index in [1.165, 1.54) is 11.1 Å². The highest BCUT2D eigenvalue weighted by Gasteiger charge is 2.20. The van der Waals surface area contributed by atoms with Crippen molar-refractivity contribution < 1.29 is 4.74 Å². The van der Waals surface area contributed by atoms with Gasteiger partial charge >= 0.3 is 0 Å². The molecule has 0 radical (unpaired) electrons. The van der Waals surface area contributed by atoms with Crippen LogP contribution >= 0.6 is 0 Å². The lowest BCUT2D eigenvalue weighted by Gasteiger charge is -2.29. The lowest BCUT2D eigenvalue weighted by atomic mass is 10.0. The highest BCUT2D eigenvalue weighted by atomic mass is 16.5. The maximum absolute atomic E-state index is 5.71. The van der Waals surface area contributed by atoms with Gasteiger partial charge in [0.05, 0.1) is 6.10 Å². The molecule has 2 nitrogen and oxygen atoms in total. The molecule has 1 N–H and O–H groups in total. The zero-order valence-corrected chi connectivity index (χ0v) is 11.6. The first-order valence-electron chi connectivity index (χ1n) is 7.25.